The predicted octanol–water partition coefficient (Wildman–Crippen LogP) is 1.56. The van der Waals surface area contributed by atoms with Crippen molar-refractivity contribution in [2.24, 2.45) is 5.73 Å². The van der Waals surface area contributed by atoms with E-state index in [2.05, 4.69) is 10.3 Å². The second-order valence-electron chi connectivity index (χ2n) is 6.78. The Morgan fingerprint density at radius 3 is 2.75 bits per heavy atom. The van der Waals surface area contributed by atoms with Gasteiger partial charge in [0.1, 0.15) is 23.6 Å². The van der Waals surface area contributed by atoms with Gasteiger partial charge < -0.3 is 25.3 Å². The van der Waals surface area contributed by atoms with Crippen molar-refractivity contribution >= 4 is 28.7 Å². The zero-order chi connectivity index (χ0) is 20.5. The van der Waals surface area contributed by atoms with E-state index in [1.54, 1.807) is 35.1 Å². The van der Waals surface area contributed by atoms with Crippen molar-refractivity contribution in [2.75, 3.05) is 6.61 Å². The average molecular weight is 402 g/mol. The number of thiazole rings is 1. The third-order valence-electron chi connectivity index (χ3n) is 4.45. The van der Waals surface area contributed by atoms with Crippen LogP contribution in [0.5, 0.6) is 5.75 Å². The zero-order valence-electron chi connectivity index (χ0n) is 15.9. The smallest absolute Gasteiger partial charge is 0.269 e. The molecule has 0 aliphatic carbocycles. The van der Waals surface area contributed by atoms with Gasteiger partial charge in [0.25, 0.3) is 5.91 Å². The lowest BCUT2D eigenvalue weighted by molar-refractivity contribution is -0.124. The highest BCUT2D eigenvalue weighted by atomic mass is 32.1. The number of hydrogen-bond donors (Lipinski definition) is 3. The number of nitrogens with zero attached hydrogens (tertiary/aromatic N) is 2. The first-order valence-electron chi connectivity index (χ1n) is 8.62. The molecule has 0 fully saturated rings. The molecule has 0 saturated heterocycles. The molecule has 3 aromatic rings. The Morgan fingerprint density at radius 1 is 1.39 bits per heavy atom. The Hall–Kier alpha value is -2.91. The summed E-state index contributed by atoms with van der Waals surface area (Å²) in [6, 6.07) is 5.52. The van der Waals surface area contributed by atoms with Crippen molar-refractivity contribution in [3.8, 4) is 5.75 Å². The van der Waals surface area contributed by atoms with Crippen molar-refractivity contribution in [1.82, 2.24) is 14.7 Å². The zero-order valence-corrected chi connectivity index (χ0v) is 16.7. The number of nitrogens with two attached hydrogens (primary N) is 1. The highest BCUT2D eigenvalue weighted by Gasteiger charge is 2.33. The molecule has 0 aliphatic heterocycles. The standard InChI is InChI=1S/C19H22N4O4S/c1-11-6-13-4-5-14(27-9-15-7-21-12(2)28-15)8-23(13)16(11)17(25)22-19(3,10-24)18(20)26/h4-8,24H,9-10H2,1-3H3,(H2,20,26)(H,22,25). The fraction of sp³-hybridized carbons (Fsp3) is 0.316. The van der Waals surface area contributed by atoms with Gasteiger partial charge in [-0.15, -0.1) is 11.3 Å². The summed E-state index contributed by atoms with van der Waals surface area (Å²) in [6.07, 6.45) is 3.49. The molecule has 1 atom stereocenters. The van der Waals surface area contributed by atoms with Gasteiger partial charge in [-0.3, -0.25) is 9.59 Å². The second-order valence-corrected chi connectivity index (χ2v) is 8.10. The van der Waals surface area contributed by atoms with Gasteiger partial charge in [0.15, 0.2) is 0 Å². The summed E-state index contributed by atoms with van der Waals surface area (Å²) in [7, 11) is 0. The van der Waals surface area contributed by atoms with Crippen LogP contribution in [0.25, 0.3) is 5.52 Å². The minimum atomic E-state index is -1.55. The van der Waals surface area contributed by atoms with Crippen LogP contribution < -0.4 is 15.8 Å². The maximum atomic E-state index is 12.8. The first kappa shape index (κ1) is 19.8. The molecule has 0 bridgehead atoms. The van der Waals surface area contributed by atoms with Gasteiger partial charge in [0.2, 0.25) is 5.91 Å². The van der Waals surface area contributed by atoms with Crippen molar-refractivity contribution < 1.29 is 19.4 Å². The minimum Gasteiger partial charge on any atom is -0.486 e. The normalized spacial score (nSPS) is 13.3. The Morgan fingerprint density at radius 2 is 2.14 bits per heavy atom. The highest BCUT2D eigenvalue weighted by molar-refractivity contribution is 7.11. The van der Waals surface area contributed by atoms with Gasteiger partial charge in [-0.2, -0.15) is 0 Å². The number of aryl methyl sites for hydroxylation is 2. The molecule has 2 amide bonds. The number of carbonyl (C=O) groups excluding carboxylic acids is 2. The highest BCUT2D eigenvalue weighted by Crippen LogP contribution is 2.22. The van der Waals surface area contributed by atoms with Gasteiger partial charge in [-0.05, 0) is 44.5 Å². The summed E-state index contributed by atoms with van der Waals surface area (Å²) in [5.74, 6) is -0.739. The quantitative estimate of drug-likeness (QED) is 0.554. The molecule has 9 heteroatoms. The molecule has 4 N–H and O–H groups in total. The molecule has 0 spiro atoms. The average Bonchev–Trinajstić information content (AvgIpc) is 3.21. The third kappa shape index (κ3) is 3.85. The summed E-state index contributed by atoms with van der Waals surface area (Å²) in [4.78, 5) is 29.6. The molecular formula is C19H22N4O4S. The SMILES string of the molecule is Cc1ncc(COc2ccc3cc(C)c(C(=O)NC(C)(CO)C(N)=O)n3c2)s1. The van der Waals surface area contributed by atoms with Crippen LogP contribution >= 0.6 is 11.3 Å². The number of primary amides is 1. The molecule has 1 unspecified atom stereocenters. The fourth-order valence-electron chi connectivity index (χ4n) is 2.77. The maximum absolute atomic E-state index is 12.8. The molecule has 3 heterocycles. The Labute approximate surface area is 166 Å². The number of pyridine rings is 1. The van der Waals surface area contributed by atoms with E-state index in [9.17, 15) is 14.7 Å². The molecule has 3 rings (SSSR count). The van der Waals surface area contributed by atoms with Crippen LogP contribution in [-0.4, -0.2) is 38.5 Å². The molecular weight excluding hydrogens is 380 g/mol. The molecule has 0 aliphatic rings. The third-order valence-corrected chi connectivity index (χ3v) is 5.33. The van der Waals surface area contributed by atoms with Crippen LogP contribution in [0.15, 0.2) is 30.6 Å². The van der Waals surface area contributed by atoms with Crippen LogP contribution in [0.4, 0.5) is 0 Å². The van der Waals surface area contributed by atoms with Crippen LogP contribution in [-0.2, 0) is 11.4 Å². The van der Waals surface area contributed by atoms with Crippen LogP contribution in [0, 0.1) is 13.8 Å². The van der Waals surface area contributed by atoms with E-state index in [-0.39, 0.29) is 0 Å². The van der Waals surface area contributed by atoms with Crippen LogP contribution in [0.1, 0.15) is 32.9 Å². The number of rotatable bonds is 7. The Bertz CT molecular complexity index is 1040. The number of aliphatic hydroxyl groups excluding tert-OH is 1. The van der Waals surface area contributed by atoms with E-state index in [1.165, 1.54) is 6.92 Å². The summed E-state index contributed by atoms with van der Waals surface area (Å²) < 4.78 is 7.51. The number of aromatic nitrogens is 2. The number of fused-ring (bicyclic) bond motifs is 1. The summed E-state index contributed by atoms with van der Waals surface area (Å²) in [5, 5.41) is 13.0. The number of carbonyl (C=O) groups is 2. The topological polar surface area (TPSA) is 119 Å². The van der Waals surface area contributed by atoms with E-state index in [0.29, 0.717) is 18.1 Å². The molecule has 0 saturated carbocycles. The lowest BCUT2D eigenvalue weighted by Gasteiger charge is -2.25. The lowest BCUT2D eigenvalue weighted by atomic mass is 10.0. The summed E-state index contributed by atoms with van der Waals surface area (Å²) >= 11 is 1.56. The molecule has 8 nitrogen and oxygen atoms in total. The van der Waals surface area contributed by atoms with E-state index in [4.69, 9.17) is 10.5 Å². The van der Waals surface area contributed by atoms with E-state index >= 15 is 0 Å². The van der Waals surface area contributed by atoms with Gasteiger partial charge >= 0.3 is 0 Å². The largest absolute Gasteiger partial charge is 0.486 e. The fourth-order valence-corrected chi connectivity index (χ4v) is 3.48. The van der Waals surface area contributed by atoms with E-state index < -0.39 is 24.0 Å². The number of nitrogens with one attached hydrogen (secondary N) is 1. The van der Waals surface area contributed by atoms with Crippen LogP contribution in [0.2, 0.25) is 0 Å². The Balaban J connectivity index is 1.88. The molecule has 0 radical (unpaired) electrons. The first-order chi connectivity index (χ1) is 13.2. The van der Waals surface area contributed by atoms with Crippen molar-refractivity contribution in [1.29, 1.82) is 0 Å². The number of aliphatic hydroxyl groups is 1. The summed E-state index contributed by atoms with van der Waals surface area (Å²) in [5.41, 5.74) is 5.62. The van der Waals surface area contributed by atoms with Crippen molar-refractivity contribution in [3.05, 3.63) is 51.7 Å². The first-order valence-corrected chi connectivity index (χ1v) is 9.44. The van der Waals surface area contributed by atoms with E-state index in [0.717, 1.165) is 21.0 Å². The van der Waals surface area contributed by atoms with E-state index in [1.807, 2.05) is 25.1 Å². The maximum Gasteiger partial charge on any atom is 0.269 e. The van der Waals surface area contributed by atoms with Gasteiger partial charge in [0.05, 0.1) is 22.7 Å². The molecule has 3 aromatic heterocycles. The molecule has 28 heavy (non-hydrogen) atoms. The number of amides is 2. The van der Waals surface area contributed by atoms with Crippen molar-refractivity contribution in [2.45, 2.75) is 32.9 Å². The van der Waals surface area contributed by atoms with Gasteiger partial charge in [0, 0.05) is 11.7 Å². The van der Waals surface area contributed by atoms with Crippen LogP contribution in [0.3, 0.4) is 0 Å². The lowest BCUT2D eigenvalue weighted by Crippen LogP contribution is -2.58. The van der Waals surface area contributed by atoms with Crippen molar-refractivity contribution in [3.63, 3.8) is 0 Å². The monoisotopic (exact) mass is 402 g/mol. The Kier molecular flexibility index (Phi) is 5.39. The molecule has 0 aromatic carbocycles. The number of hydrogen-bond acceptors (Lipinski definition) is 6. The van der Waals surface area contributed by atoms with Gasteiger partial charge in [-0.25, -0.2) is 4.98 Å². The molecule has 148 valence electrons. The minimum absolute atomic E-state index is 0.343. The summed E-state index contributed by atoms with van der Waals surface area (Å²) in [6.45, 7) is 4.88. The second kappa shape index (κ2) is 7.61. The van der Waals surface area contributed by atoms with Gasteiger partial charge in [-0.1, -0.05) is 0 Å². The predicted molar refractivity (Wildman–Crippen MR) is 105 cm³/mol. The number of ether oxygens (including phenoxy) is 1.